The first-order valence-corrected chi connectivity index (χ1v) is 16.3. The van der Waals surface area contributed by atoms with Crippen molar-refractivity contribution in [3.63, 3.8) is 0 Å². The Morgan fingerprint density at radius 3 is 1.58 bits per heavy atom. The molecule has 12 heteroatoms. The Morgan fingerprint density at radius 2 is 1.13 bits per heavy atom. The molecule has 0 saturated heterocycles. The van der Waals surface area contributed by atoms with Gasteiger partial charge in [0.15, 0.2) is 0 Å². The molecular weight excluding hydrogens is 586 g/mol. The van der Waals surface area contributed by atoms with Crippen LogP contribution in [0.15, 0.2) is 106 Å². The summed E-state index contributed by atoms with van der Waals surface area (Å²) < 4.78 is 59.1. The summed E-state index contributed by atoms with van der Waals surface area (Å²) in [5.41, 5.74) is 1.84. The van der Waals surface area contributed by atoms with Crippen LogP contribution in [0.3, 0.4) is 0 Å². The zero-order valence-corrected chi connectivity index (χ0v) is 24.2. The van der Waals surface area contributed by atoms with Gasteiger partial charge in [0, 0.05) is 32.8 Å². The van der Waals surface area contributed by atoms with Gasteiger partial charge in [0.2, 0.25) is 0 Å². The second-order valence-corrected chi connectivity index (χ2v) is 14.7. The minimum Gasteiger partial charge on any atom is -0.497 e. The molecule has 0 aliphatic heterocycles. The van der Waals surface area contributed by atoms with E-state index in [1.54, 1.807) is 38.5 Å². The van der Waals surface area contributed by atoms with Gasteiger partial charge in [-0.2, -0.15) is 8.42 Å². The lowest BCUT2D eigenvalue weighted by Gasteiger charge is -2.03. The minimum absolute atomic E-state index is 0.150. The Morgan fingerprint density at radius 1 is 0.658 bits per heavy atom. The average molecular weight is 608 g/mol. The van der Waals surface area contributed by atoms with Gasteiger partial charge in [-0.1, -0.05) is 24.3 Å². The van der Waals surface area contributed by atoms with E-state index in [2.05, 4.69) is 0 Å². The van der Waals surface area contributed by atoms with Crippen LogP contribution in [0.5, 0.6) is 11.5 Å². The molecule has 3 aromatic heterocycles. The molecule has 5 aromatic rings. The van der Waals surface area contributed by atoms with Crippen LogP contribution in [0.25, 0.3) is 20.9 Å². The third-order valence-electron chi connectivity index (χ3n) is 5.22. The van der Waals surface area contributed by atoms with E-state index in [1.165, 1.54) is 33.8 Å². The Hall–Kier alpha value is -3.09. The minimum atomic E-state index is -3.65. The zero-order valence-electron chi connectivity index (χ0n) is 20.1. The van der Waals surface area contributed by atoms with Gasteiger partial charge in [-0.05, 0) is 71.8 Å². The van der Waals surface area contributed by atoms with E-state index >= 15 is 0 Å². The standard InChI is InChI=1S/C15H13NO3S2.C11H9ClO3S2/c1-19-13-6-4-5-12(11-13)14-7-8-15(20-14)21(17,18)16-9-2-3-10-16;1-15-9-4-2-3-8(7-9)10-5-6-11(16-10)17(12,13)14/h2-11H,1H3;2-7H,1H3. The smallest absolute Gasteiger partial charge is 0.277 e. The quantitative estimate of drug-likeness (QED) is 0.189. The number of thiophene rings is 2. The molecule has 0 aliphatic rings. The largest absolute Gasteiger partial charge is 0.497 e. The maximum Gasteiger partial charge on any atom is 0.277 e. The zero-order chi connectivity index (χ0) is 27.3. The van der Waals surface area contributed by atoms with Gasteiger partial charge in [0.25, 0.3) is 19.1 Å². The molecule has 0 radical (unpaired) electrons. The van der Waals surface area contributed by atoms with Crippen molar-refractivity contribution >= 4 is 52.4 Å². The second-order valence-electron chi connectivity index (χ2n) is 7.66. The van der Waals surface area contributed by atoms with Crippen molar-refractivity contribution in [2.75, 3.05) is 14.2 Å². The van der Waals surface area contributed by atoms with E-state index in [4.69, 9.17) is 20.2 Å². The van der Waals surface area contributed by atoms with Crippen molar-refractivity contribution in [1.82, 2.24) is 3.97 Å². The van der Waals surface area contributed by atoms with Crippen LogP contribution in [-0.4, -0.2) is 35.0 Å². The Bertz CT molecular complexity index is 1740. The number of rotatable bonds is 7. The molecule has 0 fully saturated rings. The molecule has 3 heterocycles. The fourth-order valence-electron chi connectivity index (χ4n) is 3.36. The molecule has 198 valence electrons. The Kier molecular flexibility index (Phi) is 8.64. The van der Waals surface area contributed by atoms with Gasteiger partial charge in [-0.15, -0.1) is 22.7 Å². The lowest BCUT2D eigenvalue weighted by atomic mass is 10.2. The van der Waals surface area contributed by atoms with Gasteiger partial charge in [-0.25, -0.2) is 12.4 Å². The molecule has 0 spiro atoms. The summed E-state index contributed by atoms with van der Waals surface area (Å²) in [6.07, 6.45) is 3.06. The normalized spacial score (nSPS) is 11.4. The lowest BCUT2D eigenvalue weighted by molar-refractivity contribution is 0.415. The molecule has 2 aromatic carbocycles. The number of ether oxygens (including phenoxy) is 2. The number of hydrogen-bond donors (Lipinski definition) is 0. The van der Waals surface area contributed by atoms with Crippen LogP contribution < -0.4 is 9.47 Å². The highest BCUT2D eigenvalue weighted by Gasteiger charge is 2.19. The van der Waals surface area contributed by atoms with Crippen LogP contribution >= 0.6 is 33.4 Å². The molecule has 0 bridgehead atoms. The van der Waals surface area contributed by atoms with Crippen molar-refractivity contribution < 1.29 is 26.3 Å². The van der Waals surface area contributed by atoms with E-state index in [-0.39, 0.29) is 4.21 Å². The van der Waals surface area contributed by atoms with E-state index < -0.39 is 19.1 Å². The molecule has 0 saturated carbocycles. The van der Waals surface area contributed by atoms with Crippen molar-refractivity contribution in [3.05, 3.63) is 97.3 Å². The third-order valence-corrected chi connectivity index (χ3v) is 11.7. The van der Waals surface area contributed by atoms with E-state index in [1.807, 2.05) is 54.6 Å². The molecule has 0 atom stereocenters. The summed E-state index contributed by atoms with van der Waals surface area (Å²) in [5, 5.41) is 0. The molecule has 0 amide bonds. The number of aromatic nitrogens is 1. The highest BCUT2D eigenvalue weighted by molar-refractivity contribution is 8.15. The Labute approximate surface area is 234 Å². The Balaban J connectivity index is 0.000000181. The molecule has 38 heavy (non-hydrogen) atoms. The highest BCUT2D eigenvalue weighted by Crippen LogP contribution is 2.34. The summed E-state index contributed by atoms with van der Waals surface area (Å²) in [5.74, 6) is 1.47. The lowest BCUT2D eigenvalue weighted by Crippen LogP contribution is -2.08. The fourth-order valence-corrected chi connectivity index (χ4v) is 8.02. The topological polar surface area (TPSA) is 91.7 Å². The first-order chi connectivity index (χ1) is 18.1. The van der Waals surface area contributed by atoms with Crippen LogP contribution in [-0.2, 0) is 19.1 Å². The van der Waals surface area contributed by atoms with Gasteiger partial charge in [0.1, 0.15) is 19.9 Å². The van der Waals surface area contributed by atoms with Crippen LogP contribution in [0, 0.1) is 0 Å². The molecule has 0 aliphatic carbocycles. The van der Waals surface area contributed by atoms with Crippen molar-refractivity contribution in [2.24, 2.45) is 0 Å². The summed E-state index contributed by atoms with van der Waals surface area (Å²) in [6.45, 7) is 0. The fraction of sp³-hybridized carbons (Fsp3) is 0.0769. The van der Waals surface area contributed by atoms with Crippen molar-refractivity contribution in [3.8, 4) is 32.4 Å². The maximum atomic E-state index is 12.4. The van der Waals surface area contributed by atoms with Gasteiger partial charge >= 0.3 is 0 Å². The second kappa shape index (κ2) is 11.7. The molecule has 7 nitrogen and oxygen atoms in total. The van der Waals surface area contributed by atoms with Gasteiger partial charge < -0.3 is 9.47 Å². The number of methoxy groups -OCH3 is 2. The average Bonchev–Trinajstić information content (AvgIpc) is 3.71. The van der Waals surface area contributed by atoms with Crippen molar-refractivity contribution in [1.29, 1.82) is 0 Å². The van der Waals surface area contributed by atoms with E-state index in [0.717, 1.165) is 43.7 Å². The monoisotopic (exact) mass is 607 g/mol. The molecule has 0 N–H and O–H groups in total. The van der Waals surface area contributed by atoms with Crippen molar-refractivity contribution in [2.45, 2.75) is 8.42 Å². The first kappa shape index (κ1) is 27.9. The van der Waals surface area contributed by atoms with E-state index in [0.29, 0.717) is 4.21 Å². The first-order valence-electron chi connectivity index (χ1n) is 10.9. The van der Waals surface area contributed by atoms with E-state index in [9.17, 15) is 16.8 Å². The number of halogens is 1. The number of hydrogen-bond acceptors (Lipinski definition) is 8. The predicted molar refractivity (Wildman–Crippen MR) is 153 cm³/mol. The van der Waals surface area contributed by atoms with Crippen LogP contribution in [0.2, 0.25) is 0 Å². The summed E-state index contributed by atoms with van der Waals surface area (Å²) in [7, 11) is 1.33. The molecule has 0 unspecified atom stereocenters. The maximum absolute atomic E-state index is 12.4. The highest BCUT2D eigenvalue weighted by atomic mass is 35.7. The predicted octanol–water partition coefficient (Wildman–Crippen LogP) is 6.81. The summed E-state index contributed by atoms with van der Waals surface area (Å²) in [6, 6.07) is 25.0. The molecule has 5 rings (SSSR count). The number of benzene rings is 2. The number of nitrogens with zero attached hydrogens (tertiary/aromatic N) is 1. The SMILES string of the molecule is COc1cccc(-c2ccc(S(=O)(=O)Cl)s2)c1.COc1cccc(-c2ccc(S(=O)(=O)n3cccc3)s2)c1. The summed E-state index contributed by atoms with van der Waals surface area (Å²) >= 11 is 2.38. The van der Waals surface area contributed by atoms with Gasteiger partial charge in [-0.3, -0.25) is 0 Å². The van der Waals surface area contributed by atoms with Crippen LogP contribution in [0.4, 0.5) is 0 Å². The third kappa shape index (κ3) is 6.48. The summed E-state index contributed by atoms with van der Waals surface area (Å²) in [4.78, 5) is 1.72. The van der Waals surface area contributed by atoms with Gasteiger partial charge in [0.05, 0.1) is 14.2 Å². The molecular formula is C26H22ClNO6S4. The van der Waals surface area contributed by atoms with Crippen LogP contribution in [0.1, 0.15) is 0 Å².